The van der Waals surface area contributed by atoms with E-state index in [4.69, 9.17) is 4.74 Å². The number of aromatic nitrogens is 4. The number of para-hydroxylation sites is 2. The number of nitrogens with one attached hydrogen (secondary N) is 1. The molecule has 7 nitrogen and oxygen atoms in total. The van der Waals surface area contributed by atoms with Gasteiger partial charge >= 0.3 is 0 Å². The zero-order valence-corrected chi connectivity index (χ0v) is 18.6. The van der Waals surface area contributed by atoms with Crippen LogP contribution in [0.3, 0.4) is 0 Å². The van der Waals surface area contributed by atoms with Crippen molar-refractivity contribution in [1.82, 2.24) is 19.7 Å². The zero-order valence-electron chi connectivity index (χ0n) is 17.8. The topological polar surface area (TPSA) is 81.9 Å². The molecule has 1 aromatic carbocycles. The Balaban J connectivity index is 1.55. The Kier molecular flexibility index (Phi) is 6.86. The Hall–Kier alpha value is -2.87. The quantitative estimate of drug-likeness (QED) is 0.533. The minimum atomic E-state index is -0.108. The molecule has 1 aliphatic carbocycles. The molecule has 31 heavy (non-hydrogen) atoms. The van der Waals surface area contributed by atoms with Gasteiger partial charge in [0.1, 0.15) is 5.75 Å². The molecule has 0 bridgehead atoms. The van der Waals surface area contributed by atoms with Gasteiger partial charge in [-0.05, 0) is 43.0 Å². The van der Waals surface area contributed by atoms with Gasteiger partial charge in [0.2, 0.25) is 5.91 Å². The standard InChI is InChI=1S/C23H27N5O2S/c1-16-8-3-5-11-19(16)28-22(17-9-7-13-24-14-17)26-27-23(28)31-15-21(29)25-18-10-4-6-12-20(18)30-2/h4,6-7,9-10,12-14,16,19H,3,5,8,11,15H2,1-2H3,(H,25,29)/t16-,19-/m1/s1. The number of nitrogens with zero attached hydrogens (tertiary/aromatic N) is 4. The predicted molar refractivity (Wildman–Crippen MR) is 122 cm³/mol. The lowest BCUT2D eigenvalue weighted by Gasteiger charge is -2.31. The molecular weight excluding hydrogens is 410 g/mol. The lowest BCUT2D eigenvalue weighted by Crippen LogP contribution is -2.23. The van der Waals surface area contributed by atoms with Gasteiger partial charge in [0, 0.05) is 24.0 Å². The number of anilines is 1. The molecule has 0 spiro atoms. The first-order valence-corrected chi connectivity index (χ1v) is 11.6. The molecule has 1 saturated carbocycles. The molecule has 4 rings (SSSR count). The van der Waals surface area contributed by atoms with Gasteiger partial charge in [-0.2, -0.15) is 0 Å². The van der Waals surface area contributed by atoms with E-state index in [0.29, 0.717) is 23.4 Å². The number of benzene rings is 1. The summed E-state index contributed by atoms with van der Waals surface area (Å²) in [4.78, 5) is 16.9. The van der Waals surface area contributed by atoms with Crippen LogP contribution in [-0.4, -0.2) is 38.5 Å². The van der Waals surface area contributed by atoms with Crippen LogP contribution in [0, 0.1) is 5.92 Å². The molecule has 8 heteroatoms. The number of ether oxygens (including phenoxy) is 1. The summed E-state index contributed by atoms with van der Waals surface area (Å²) >= 11 is 1.42. The van der Waals surface area contributed by atoms with E-state index in [-0.39, 0.29) is 11.7 Å². The van der Waals surface area contributed by atoms with Gasteiger partial charge < -0.3 is 10.1 Å². The van der Waals surface area contributed by atoms with Crippen LogP contribution in [0.5, 0.6) is 5.75 Å². The monoisotopic (exact) mass is 437 g/mol. The average Bonchev–Trinajstić information content (AvgIpc) is 3.22. The highest BCUT2D eigenvalue weighted by Crippen LogP contribution is 2.38. The van der Waals surface area contributed by atoms with Crippen molar-refractivity contribution in [3.63, 3.8) is 0 Å². The van der Waals surface area contributed by atoms with Crippen LogP contribution in [-0.2, 0) is 4.79 Å². The highest BCUT2D eigenvalue weighted by atomic mass is 32.2. The number of carbonyl (C=O) groups is 1. The van der Waals surface area contributed by atoms with Crippen LogP contribution < -0.4 is 10.1 Å². The van der Waals surface area contributed by atoms with Crippen LogP contribution in [0.2, 0.25) is 0 Å². The number of rotatable bonds is 7. The van der Waals surface area contributed by atoms with E-state index in [1.54, 1.807) is 13.3 Å². The van der Waals surface area contributed by atoms with Crippen molar-refractivity contribution in [2.45, 2.75) is 43.8 Å². The van der Waals surface area contributed by atoms with Crippen LogP contribution in [0.15, 0.2) is 53.9 Å². The summed E-state index contributed by atoms with van der Waals surface area (Å²) in [6.07, 6.45) is 8.30. The van der Waals surface area contributed by atoms with Gasteiger partial charge in [0.05, 0.1) is 18.6 Å². The van der Waals surface area contributed by atoms with Crippen molar-refractivity contribution in [1.29, 1.82) is 0 Å². The van der Waals surface area contributed by atoms with Crippen molar-refractivity contribution in [3.8, 4) is 17.1 Å². The first-order valence-electron chi connectivity index (χ1n) is 10.6. The molecule has 1 N–H and O–H groups in total. The number of amides is 1. The summed E-state index contributed by atoms with van der Waals surface area (Å²) in [5, 5.41) is 12.6. The van der Waals surface area contributed by atoms with E-state index < -0.39 is 0 Å². The number of carbonyl (C=O) groups excluding carboxylic acids is 1. The lowest BCUT2D eigenvalue weighted by atomic mass is 9.85. The molecule has 0 radical (unpaired) electrons. The van der Waals surface area contributed by atoms with Crippen LogP contribution in [0.1, 0.15) is 38.6 Å². The normalized spacial score (nSPS) is 18.5. The fourth-order valence-electron chi connectivity index (χ4n) is 4.11. The van der Waals surface area contributed by atoms with Crippen molar-refractivity contribution in [2.75, 3.05) is 18.2 Å². The molecule has 2 atom stereocenters. The summed E-state index contributed by atoms with van der Waals surface area (Å²) in [5.74, 6) is 2.12. The van der Waals surface area contributed by atoms with Crippen molar-refractivity contribution >= 4 is 23.4 Å². The summed E-state index contributed by atoms with van der Waals surface area (Å²) in [6.45, 7) is 2.29. The van der Waals surface area contributed by atoms with E-state index in [2.05, 4.69) is 32.0 Å². The summed E-state index contributed by atoms with van der Waals surface area (Å²) in [5.41, 5.74) is 1.60. The maximum atomic E-state index is 12.6. The first kappa shape index (κ1) is 21.4. The van der Waals surface area contributed by atoms with Crippen LogP contribution in [0.25, 0.3) is 11.4 Å². The molecule has 0 aliphatic heterocycles. The number of thioether (sulfide) groups is 1. The minimum absolute atomic E-state index is 0.108. The van der Waals surface area contributed by atoms with Crippen LogP contribution >= 0.6 is 11.8 Å². The number of hydrogen-bond acceptors (Lipinski definition) is 6. The molecule has 2 aromatic heterocycles. The van der Waals surface area contributed by atoms with Gasteiger partial charge in [-0.3, -0.25) is 14.3 Å². The largest absolute Gasteiger partial charge is 0.495 e. The Morgan fingerprint density at radius 3 is 2.81 bits per heavy atom. The van der Waals surface area contributed by atoms with E-state index in [9.17, 15) is 4.79 Å². The lowest BCUT2D eigenvalue weighted by molar-refractivity contribution is -0.113. The molecule has 1 aliphatic rings. The van der Waals surface area contributed by atoms with Gasteiger partial charge in [0.25, 0.3) is 0 Å². The second kappa shape index (κ2) is 9.96. The second-order valence-corrected chi connectivity index (χ2v) is 8.73. The van der Waals surface area contributed by atoms with Gasteiger partial charge in [-0.25, -0.2) is 0 Å². The van der Waals surface area contributed by atoms with Crippen molar-refractivity contribution in [3.05, 3.63) is 48.8 Å². The highest BCUT2D eigenvalue weighted by molar-refractivity contribution is 7.99. The molecule has 1 fully saturated rings. The molecule has 1 amide bonds. The molecule has 0 saturated heterocycles. The summed E-state index contributed by atoms with van der Waals surface area (Å²) in [6, 6.07) is 11.6. The maximum Gasteiger partial charge on any atom is 0.234 e. The maximum absolute atomic E-state index is 12.6. The second-order valence-electron chi connectivity index (χ2n) is 7.78. The Morgan fingerprint density at radius 2 is 2.03 bits per heavy atom. The Morgan fingerprint density at radius 1 is 1.19 bits per heavy atom. The molecule has 0 unspecified atom stereocenters. The third-order valence-corrected chi connectivity index (χ3v) is 6.64. The van der Waals surface area contributed by atoms with Crippen molar-refractivity contribution in [2.24, 2.45) is 5.92 Å². The summed E-state index contributed by atoms with van der Waals surface area (Å²) < 4.78 is 7.54. The average molecular weight is 438 g/mol. The number of hydrogen-bond donors (Lipinski definition) is 1. The molecular formula is C23H27N5O2S. The molecule has 3 aromatic rings. The van der Waals surface area contributed by atoms with E-state index in [0.717, 1.165) is 23.0 Å². The van der Waals surface area contributed by atoms with Gasteiger partial charge in [0.15, 0.2) is 11.0 Å². The van der Waals surface area contributed by atoms with Crippen molar-refractivity contribution < 1.29 is 9.53 Å². The molecule has 2 heterocycles. The first-order chi connectivity index (χ1) is 15.2. The third kappa shape index (κ3) is 4.90. The number of pyridine rings is 1. The third-order valence-electron chi connectivity index (χ3n) is 5.70. The van der Waals surface area contributed by atoms with E-state index in [1.807, 2.05) is 42.6 Å². The smallest absolute Gasteiger partial charge is 0.234 e. The minimum Gasteiger partial charge on any atom is -0.495 e. The fraction of sp³-hybridized carbons (Fsp3) is 0.391. The Labute approximate surface area is 186 Å². The van der Waals surface area contributed by atoms with Gasteiger partial charge in [-0.1, -0.05) is 43.7 Å². The van der Waals surface area contributed by atoms with Crippen LogP contribution in [0.4, 0.5) is 5.69 Å². The summed E-state index contributed by atoms with van der Waals surface area (Å²) in [7, 11) is 1.59. The van der Waals surface area contributed by atoms with Gasteiger partial charge in [-0.15, -0.1) is 10.2 Å². The fourth-order valence-corrected chi connectivity index (χ4v) is 4.90. The highest BCUT2D eigenvalue weighted by Gasteiger charge is 2.29. The SMILES string of the molecule is COc1ccccc1NC(=O)CSc1nnc(-c2cccnc2)n1[C@@H]1CCCC[C@H]1C. The van der Waals surface area contributed by atoms with E-state index in [1.165, 1.54) is 31.0 Å². The Bertz CT molecular complexity index is 1020. The number of methoxy groups -OCH3 is 1. The molecule has 162 valence electrons. The zero-order chi connectivity index (χ0) is 21.6. The van der Waals surface area contributed by atoms with E-state index >= 15 is 0 Å². The predicted octanol–water partition coefficient (Wildman–Crippen LogP) is 4.83.